The monoisotopic (exact) mass is 314 g/mol. The molecule has 6 heteroatoms. The van der Waals surface area contributed by atoms with Crippen molar-refractivity contribution in [2.24, 2.45) is 5.41 Å². The normalized spacial score (nSPS) is 24.9. The standard InChI is InChI=1S/C17H22N4O2/c22-16-6-7-17(8-11-23-13-17)12-20(16)9-3-10-21-15-5-2-1-4-14(15)18-19-21/h1-2,4-5H,3,6-13H2. The SMILES string of the molecule is O=C1CCC2(CCOC2)CN1CCCn1nnc2ccccc21. The number of aryl methyl sites for hydroxylation is 1. The summed E-state index contributed by atoms with van der Waals surface area (Å²) in [6.45, 7) is 4.07. The highest BCUT2D eigenvalue weighted by atomic mass is 16.5. The lowest BCUT2D eigenvalue weighted by molar-refractivity contribution is -0.137. The number of benzene rings is 1. The summed E-state index contributed by atoms with van der Waals surface area (Å²) in [6, 6.07) is 7.97. The summed E-state index contributed by atoms with van der Waals surface area (Å²) in [5, 5.41) is 8.38. The zero-order valence-corrected chi connectivity index (χ0v) is 13.3. The summed E-state index contributed by atoms with van der Waals surface area (Å²) >= 11 is 0. The van der Waals surface area contributed by atoms with Gasteiger partial charge in [-0.05, 0) is 31.4 Å². The Balaban J connectivity index is 1.37. The molecule has 1 unspecified atom stereocenters. The summed E-state index contributed by atoms with van der Waals surface area (Å²) in [7, 11) is 0. The maximum Gasteiger partial charge on any atom is 0.222 e. The average molecular weight is 314 g/mol. The summed E-state index contributed by atoms with van der Waals surface area (Å²) in [4.78, 5) is 14.2. The first-order valence-corrected chi connectivity index (χ1v) is 8.40. The van der Waals surface area contributed by atoms with E-state index in [2.05, 4.69) is 10.3 Å². The molecule has 122 valence electrons. The van der Waals surface area contributed by atoms with Gasteiger partial charge in [0.25, 0.3) is 0 Å². The third-order valence-corrected chi connectivity index (χ3v) is 5.15. The molecule has 2 aliphatic heterocycles. The van der Waals surface area contributed by atoms with Crippen LogP contribution < -0.4 is 0 Å². The van der Waals surface area contributed by atoms with E-state index in [-0.39, 0.29) is 11.3 Å². The van der Waals surface area contributed by atoms with Crippen molar-refractivity contribution in [2.75, 3.05) is 26.3 Å². The molecule has 0 bridgehead atoms. The summed E-state index contributed by atoms with van der Waals surface area (Å²) in [6.07, 6.45) is 3.63. The molecule has 1 aromatic heterocycles. The van der Waals surface area contributed by atoms with Gasteiger partial charge in [0.15, 0.2) is 0 Å². The first-order chi connectivity index (χ1) is 11.3. The van der Waals surface area contributed by atoms with Gasteiger partial charge in [-0.1, -0.05) is 17.3 Å². The van der Waals surface area contributed by atoms with E-state index in [9.17, 15) is 4.79 Å². The smallest absolute Gasteiger partial charge is 0.222 e. The Morgan fingerprint density at radius 3 is 3.00 bits per heavy atom. The number of hydrogen-bond donors (Lipinski definition) is 0. The molecule has 0 radical (unpaired) electrons. The summed E-state index contributed by atoms with van der Waals surface area (Å²) < 4.78 is 7.50. The third-order valence-electron chi connectivity index (χ3n) is 5.15. The number of piperidine rings is 1. The van der Waals surface area contributed by atoms with E-state index >= 15 is 0 Å². The highest BCUT2D eigenvalue weighted by Gasteiger charge is 2.41. The van der Waals surface area contributed by atoms with Gasteiger partial charge in [-0.15, -0.1) is 5.10 Å². The van der Waals surface area contributed by atoms with E-state index in [1.165, 1.54) is 0 Å². The Morgan fingerprint density at radius 1 is 1.22 bits per heavy atom. The minimum Gasteiger partial charge on any atom is -0.381 e. The van der Waals surface area contributed by atoms with Crippen molar-refractivity contribution in [3.63, 3.8) is 0 Å². The lowest BCUT2D eigenvalue weighted by atomic mass is 9.79. The van der Waals surface area contributed by atoms with Crippen LogP contribution in [0.2, 0.25) is 0 Å². The van der Waals surface area contributed by atoms with Gasteiger partial charge in [0.05, 0.1) is 12.1 Å². The van der Waals surface area contributed by atoms with Crippen LogP contribution in [-0.2, 0) is 16.1 Å². The van der Waals surface area contributed by atoms with Gasteiger partial charge in [0.2, 0.25) is 5.91 Å². The number of hydrogen-bond acceptors (Lipinski definition) is 4. The number of rotatable bonds is 4. The van der Waals surface area contributed by atoms with Crippen molar-refractivity contribution in [1.82, 2.24) is 19.9 Å². The van der Waals surface area contributed by atoms with E-state index in [1.807, 2.05) is 33.8 Å². The first-order valence-electron chi connectivity index (χ1n) is 8.40. The predicted molar refractivity (Wildman–Crippen MR) is 85.8 cm³/mol. The molecule has 1 atom stereocenters. The van der Waals surface area contributed by atoms with Crippen molar-refractivity contribution < 1.29 is 9.53 Å². The van der Waals surface area contributed by atoms with Crippen LogP contribution in [0.5, 0.6) is 0 Å². The number of ether oxygens (including phenoxy) is 1. The number of carbonyl (C=O) groups excluding carboxylic acids is 1. The maximum absolute atomic E-state index is 12.2. The molecule has 2 fully saturated rings. The minimum absolute atomic E-state index is 0.216. The number of nitrogens with zero attached hydrogens (tertiary/aromatic N) is 4. The maximum atomic E-state index is 12.2. The Labute approximate surface area is 135 Å². The molecular formula is C17H22N4O2. The molecule has 6 nitrogen and oxygen atoms in total. The van der Waals surface area contributed by atoms with Gasteiger partial charge < -0.3 is 9.64 Å². The third kappa shape index (κ3) is 2.83. The largest absolute Gasteiger partial charge is 0.381 e. The number of likely N-dealkylation sites (tertiary alicyclic amines) is 1. The fourth-order valence-corrected chi connectivity index (χ4v) is 3.77. The van der Waals surface area contributed by atoms with E-state index in [0.717, 1.165) is 63.1 Å². The molecule has 0 N–H and O–H groups in total. The molecule has 2 aliphatic rings. The molecular weight excluding hydrogens is 292 g/mol. The van der Waals surface area contributed by atoms with Gasteiger partial charge in [-0.2, -0.15) is 0 Å². The summed E-state index contributed by atoms with van der Waals surface area (Å²) in [5.41, 5.74) is 2.19. The number of aromatic nitrogens is 3. The lowest BCUT2D eigenvalue weighted by Crippen LogP contribution is -2.47. The van der Waals surface area contributed by atoms with E-state index in [4.69, 9.17) is 4.74 Å². The van der Waals surface area contributed by atoms with Gasteiger partial charge in [-0.25, -0.2) is 4.68 Å². The number of amides is 1. The molecule has 0 aliphatic carbocycles. The topological polar surface area (TPSA) is 60.2 Å². The Bertz CT molecular complexity index is 705. The van der Waals surface area contributed by atoms with Crippen LogP contribution in [0.15, 0.2) is 24.3 Å². The molecule has 1 aromatic carbocycles. The molecule has 2 aromatic rings. The van der Waals surface area contributed by atoms with E-state index in [0.29, 0.717) is 6.42 Å². The summed E-state index contributed by atoms with van der Waals surface area (Å²) in [5.74, 6) is 0.283. The van der Waals surface area contributed by atoms with Crippen LogP contribution in [0, 0.1) is 5.41 Å². The lowest BCUT2D eigenvalue weighted by Gasteiger charge is -2.39. The second-order valence-electron chi connectivity index (χ2n) is 6.77. The number of para-hydroxylation sites is 1. The number of fused-ring (bicyclic) bond motifs is 1. The van der Waals surface area contributed by atoms with Crippen LogP contribution >= 0.6 is 0 Å². The molecule has 1 spiro atoms. The molecule has 1 amide bonds. The Hall–Kier alpha value is -1.95. The minimum atomic E-state index is 0.216. The second kappa shape index (κ2) is 5.92. The van der Waals surface area contributed by atoms with Crippen molar-refractivity contribution in [2.45, 2.75) is 32.2 Å². The predicted octanol–water partition coefficient (Wildman–Crippen LogP) is 1.85. The van der Waals surface area contributed by atoms with Crippen molar-refractivity contribution in [3.05, 3.63) is 24.3 Å². The Kier molecular flexibility index (Phi) is 3.77. The van der Waals surface area contributed by atoms with Crippen LogP contribution in [0.3, 0.4) is 0 Å². The van der Waals surface area contributed by atoms with Crippen LogP contribution in [0.1, 0.15) is 25.7 Å². The fourth-order valence-electron chi connectivity index (χ4n) is 3.77. The fraction of sp³-hybridized carbons (Fsp3) is 0.588. The van der Waals surface area contributed by atoms with Crippen LogP contribution in [0.25, 0.3) is 11.0 Å². The van der Waals surface area contributed by atoms with Gasteiger partial charge >= 0.3 is 0 Å². The molecule has 23 heavy (non-hydrogen) atoms. The van der Waals surface area contributed by atoms with Crippen molar-refractivity contribution in [1.29, 1.82) is 0 Å². The van der Waals surface area contributed by atoms with Gasteiger partial charge in [0, 0.05) is 38.1 Å². The average Bonchev–Trinajstić information content (AvgIpc) is 3.19. The van der Waals surface area contributed by atoms with Crippen LogP contribution in [-0.4, -0.2) is 52.1 Å². The highest BCUT2D eigenvalue weighted by Crippen LogP contribution is 2.38. The number of carbonyl (C=O) groups is 1. The van der Waals surface area contributed by atoms with Crippen LogP contribution in [0.4, 0.5) is 0 Å². The van der Waals surface area contributed by atoms with Gasteiger partial charge in [0.1, 0.15) is 5.52 Å². The van der Waals surface area contributed by atoms with E-state index in [1.54, 1.807) is 0 Å². The quantitative estimate of drug-likeness (QED) is 0.864. The molecule has 2 saturated heterocycles. The van der Waals surface area contributed by atoms with Crippen molar-refractivity contribution in [3.8, 4) is 0 Å². The molecule has 3 heterocycles. The second-order valence-corrected chi connectivity index (χ2v) is 6.77. The first kappa shape index (κ1) is 14.6. The Morgan fingerprint density at radius 2 is 2.13 bits per heavy atom. The molecule has 4 rings (SSSR count). The van der Waals surface area contributed by atoms with Crippen molar-refractivity contribution >= 4 is 16.9 Å². The van der Waals surface area contributed by atoms with Gasteiger partial charge in [-0.3, -0.25) is 4.79 Å². The molecule has 0 saturated carbocycles. The zero-order chi connectivity index (χ0) is 15.7. The van der Waals surface area contributed by atoms with E-state index < -0.39 is 0 Å². The highest BCUT2D eigenvalue weighted by molar-refractivity contribution is 5.77. The zero-order valence-electron chi connectivity index (χ0n) is 13.3.